The minimum Gasteiger partial charge on any atom is -0.379 e. The molecule has 0 amide bonds. The molecule has 1 rings (SSSR count). The van der Waals surface area contributed by atoms with E-state index in [0.29, 0.717) is 6.04 Å². The van der Waals surface area contributed by atoms with E-state index in [1.807, 2.05) is 6.08 Å². The molecule has 0 saturated carbocycles. The Morgan fingerprint density at radius 2 is 2.00 bits per heavy atom. The summed E-state index contributed by atoms with van der Waals surface area (Å²) >= 11 is 0. The third kappa shape index (κ3) is 3.25. The molecule has 1 atom stereocenters. The molecule has 1 N–H and O–H groups in total. The molecule has 0 bridgehead atoms. The van der Waals surface area contributed by atoms with Gasteiger partial charge in [-0.2, -0.15) is 0 Å². The Kier molecular flexibility index (Phi) is 4.24. The largest absolute Gasteiger partial charge is 0.379 e. The van der Waals surface area contributed by atoms with Crippen molar-refractivity contribution in [1.29, 1.82) is 0 Å². The lowest BCUT2D eigenvalue weighted by molar-refractivity contribution is 0.741. The zero-order valence-corrected chi connectivity index (χ0v) is 9.09. The first-order valence-corrected chi connectivity index (χ1v) is 5.22. The van der Waals surface area contributed by atoms with Crippen LogP contribution in [0.3, 0.4) is 0 Å². The molecule has 0 aliphatic rings. The zero-order valence-electron chi connectivity index (χ0n) is 9.09. The maximum Gasteiger partial charge on any atom is 0.0441 e. The van der Waals surface area contributed by atoms with Crippen LogP contribution in [0.1, 0.15) is 25.3 Å². The molecule has 1 nitrogen and oxygen atoms in total. The van der Waals surface area contributed by atoms with Crippen LogP contribution in [0.2, 0.25) is 0 Å². The van der Waals surface area contributed by atoms with Crippen molar-refractivity contribution in [2.24, 2.45) is 0 Å². The lowest BCUT2D eigenvalue weighted by atomic mass is 10.1. The number of rotatable bonds is 5. The van der Waals surface area contributed by atoms with Crippen LogP contribution in [-0.4, -0.2) is 6.04 Å². The fourth-order valence-corrected chi connectivity index (χ4v) is 1.42. The highest BCUT2D eigenvalue weighted by molar-refractivity contribution is 5.45. The normalized spacial score (nSPS) is 12.1. The van der Waals surface area contributed by atoms with Crippen LogP contribution in [0.15, 0.2) is 36.9 Å². The van der Waals surface area contributed by atoms with Crippen molar-refractivity contribution < 1.29 is 0 Å². The summed E-state index contributed by atoms with van der Waals surface area (Å²) in [6.07, 6.45) is 4.29. The van der Waals surface area contributed by atoms with Gasteiger partial charge in [-0.1, -0.05) is 37.1 Å². The maximum absolute atomic E-state index is 3.83. The van der Waals surface area contributed by atoms with E-state index in [1.54, 1.807) is 0 Å². The van der Waals surface area contributed by atoms with Gasteiger partial charge in [0.15, 0.2) is 0 Å². The number of anilines is 1. The van der Waals surface area contributed by atoms with Crippen molar-refractivity contribution in [3.05, 3.63) is 42.5 Å². The number of hydrogen-bond acceptors (Lipinski definition) is 1. The zero-order chi connectivity index (χ0) is 10.4. The molecule has 0 spiro atoms. The van der Waals surface area contributed by atoms with Crippen LogP contribution in [-0.2, 0) is 0 Å². The van der Waals surface area contributed by atoms with Crippen molar-refractivity contribution in [3.63, 3.8) is 0 Å². The topological polar surface area (TPSA) is 12.0 Å². The Bertz CT molecular complexity index is 274. The van der Waals surface area contributed by atoms with E-state index >= 15 is 0 Å². The van der Waals surface area contributed by atoms with Crippen molar-refractivity contribution in [1.82, 2.24) is 0 Å². The van der Waals surface area contributed by atoms with Gasteiger partial charge in [-0.05, 0) is 25.5 Å². The van der Waals surface area contributed by atoms with E-state index in [0.717, 1.165) is 6.42 Å². The first kappa shape index (κ1) is 10.8. The lowest BCUT2D eigenvalue weighted by Gasteiger charge is -2.15. The number of benzene rings is 1. The second-order valence-corrected chi connectivity index (χ2v) is 3.64. The van der Waals surface area contributed by atoms with Crippen molar-refractivity contribution in [2.45, 2.75) is 32.7 Å². The van der Waals surface area contributed by atoms with Crippen LogP contribution in [0.25, 0.3) is 0 Å². The molecule has 0 aliphatic carbocycles. The molecule has 0 aliphatic heterocycles. The second-order valence-electron chi connectivity index (χ2n) is 3.64. The lowest BCUT2D eigenvalue weighted by Crippen LogP contribution is -2.15. The molecule has 0 radical (unpaired) electrons. The summed E-state index contributed by atoms with van der Waals surface area (Å²) < 4.78 is 0. The van der Waals surface area contributed by atoms with E-state index in [9.17, 15) is 0 Å². The van der Waals surface area contributed by atoms with Gasteiger partial charge in [0.25, 0.3) is 0 Å². The van der Waals surface area contributed by atoms with Gasteiger partial charge in [-0.25, -0.2) is 0 Å². The maximum atomic E-state index is 3.83. The van der Waals surface area contributed by atoms with Crippen LogP contribution < -0.4 is 5.32 Å². The van der Waals surface area contributed by atoms with Crippen molar-refractivity contribution in [3.8, 4) is 0 Å². The average Bonchev–Trinajstić information content (AvgIpc) is 2.20. The molecular formula is C13H19N. The summed E-state index contributed by atoms with van der Waals surface area (Å²) in [5.74, 6) is 0. The van der Waals surface area contributed by atoms with E-state index in [2.05, 4.69) is 50.0 Å². The monoisotopic (exact) mass is 189 g/mol. The molecule has 76 valence electrons. The molecule has 0 heterocycles. The molecule has 0 aromatic heterocycles. The van der Waals surface area contributed by atoms with E-state index in [-0.39, 0.29) is 0 Å². The average molecular weight is 189 g/mol. The van der Waals surface area contributed by atoms with Gasteiger partial charge in [0.05, 0.1) is 0 Å². The van der Waals surface area contributed by atoms with Gasteiger partial charge in [0.1, 0.15) is 0 Å². The predicted octanol–water partition coefficient (Wildman–Crippen LogP) is 3.76. The fourth-order valence-electron chi connectivity index (χ4n) is 1.42. The minimum absolute atomic E-state index is 0.391. The summed E-state index contributed by atoms with van der Waals surface area (Å²) in [4.78, 5) is 0. The third-order valence-corrected chi connectivity index (χ3v) is 2.29. The summed E-state index contributed by atoms with van der Waals surface area (Å²) in [5.41, 5.74) is 2.47. The SMILES string of the molecule is C=CC(CCC)Nc1ccc(C)cc1. The quantitative estimate of drug-likeness (QED) is 0.695. The van der Waals surface area contributed by atoms with Crippen LogP contribution in [0.4, 0.5) is 5.69 Å². The van der Waals surface area contributed by atoms with Gasteiger partial charge in [-0.3, -0.25) is 0 Å². The van der Waals surface area contributed by atoms with Crippen LogP contribution >= 0.6 is 0 Å². The second kappa shape index (κ2) is 5.48. The highest BCUT2D eigenvalue weighted by atomic mass is 14.9. The summed E-state index contributed by atoms with van der Waals surface area (Å²) in [5, 5.41) is 3.44. The molecule has 1 unspecified atom stereocenters. The van der Waals surface area contributed by atoms with Crippen LogP contribution in [0, 0.1) is 6.92 Å². The molecule has 1 heteroatoms. The Morgan fingerprint density at radius 3 is 2.50 bits per heavy atom. The van der Waals surface area contributed by atoms with Gasteiger partial charge < -0.3 is 5.32 Å². The van der Waals surface area contributed by atoms with Gasteiger partial charge in [0, 0.05) is 11.7 Å². The third-order valence-electron chi connectivity index (χ3n) is 2.29. The van der Waals surface area contributed by atoms with Crippen molar-refractivity contribution in [2.75, 3.05) is 5.32 Å². The standard InChI is InChI=1S/C13H19N/c1-4-6-12(5-2)14-13-9-7-11(3)8-10-13/h5,7-10,12,14H,2,4,6H2,1,3H3. The first-order valence-electron chi connectivity index (χ1n) is 5.22. The first-order chi connectivity index (χ1) is 6.76. The molecule has 1 aromatic rings. The highest BCUT2D eigenvalue weighted by Crippen LogP contribution is 2.12. The Hall–Kier alpha value is -1.24. The smallest absolute Gasteiger partial charge is 0.0441 e. The van der Waals surface area contributed by atoms with Gasteiger partial charge in [0.2, 0.25) is 0 Å². The van der Waals surface area contributed by atoms with Gasteiger partial charge >= 0.3 is 0 Å². The molecular weight excluding hydrogens is 170 g/mol. The Morgan fingerprint density at radius 1 is 1.36 bits per heavy atom. The summed E-state index contributed by atoms with van der Waals surface area (Å²) in [6, 6.07) is 8.86. The summed E-state index contributed by atoms with van der Waals surface area (Å²) in [6.45, 7) is 8.12. The predicted molar refractivity (Wildman–Crippen MR) is 63.7 cm³/mol. The Labute approximate surface area is 86.8 Å². The minimum atomic E-state index is 0.391. The molecule has 0 fully saturated rings. The fraction of sp³-hybridized carbons (Fsp3) is 0.385. The van der Waals surface area contributed by atoms with Gasteiger partial charge in [-0.15, -0.1) is 6.58 Å². The van der Waals surface area contributed by atoms with E-state index in [4.69, 9.17) is 0 Å². The molecule has 1 aromatic carbocycles. The number of hydrogen-bond donors (Lipinski definition) is 1. The summed E-state index contributed by atoms with van der Waals surface area (Å²) in [7, 11) is 0. The van der Waals surface area contributed by atoms with E-state index < -0.39 is 0 Å². The molecule has 0 saturated heterocycles. The van der Waals surface area contributed by atoms with E-state index in [1.165, 1.54) is 17.7 Å². The van der Waals surface area contributed by atoms with Crippen molar-refractivity contribution >= 4 is 5.69 Å². The number of aryl methyl sites for hydroxylation is 1. The number of nitrogens with one attached hydrogen (secondary N) is 1. The molecule has 14 heavy (non-hydrogen) atoms. The highest BCUT2D eigenvalue weighted by Gasteiger charge is 2.01. The Balaban J connectivity index is 2.57. The van der Waals surface area contributed by atoms with Crippen LogP contribution in [0.5, 0.6) is 0 Å².